The third-order valence-corrected chi connectivity index (χ3v) is 6.79. The predicted molar refractivity (Wildman–Crippen MR) is 138 cm³/mol. The van der Waals surface area contributed by atoms with Crippen LogP contribution in [0.15, 0.2) is 72.9 Å². The Hall–Kier alpha value is -3.77. The van der Waals surface area contributed by atoms with Gasteiger partial charge in [-0.25, -0.2) is 4.98 Å². The summed E-state index contributed by atoms with van der Waals surface area (Å²) in [5, 5.41) is 0. The molecule has 0 aliphatic carbocycles. The van der Waals surface area contributed by atoms with E-state index in [0.29, 0.717) is 12.0 Å². The van der Waals surface area contributed by atoms with Crippen LogP contribution in [-0.4, -0.2) is 57.1 Å². The Morgan fingerprint density at radius 1 is 0.829 bits per heavy atom. The molecule has 2 aromatic carbocycles. The first-order valence-corrected chi connectivity index (χ1v) is 12.2. The number of pyridine rings is 1. The first kappa shape index (κ1) is 23.0. The molecular formula is C29H30N4O2. The van der Waals surface area contributed by atoms with Gasteiger partial charge in [0.25, 0.3) is 0 Å². The second kappa shape index (κ2) is 9.84. The molecule has 0 bridgehead atoms. The zero-order chi connectivity index (χ0) is 24.4. The largest absolute Gasteiger partial charge is 0.340 e. The molecule has 6 nitrogen and oxygen atoms in total. The highest BCUT2D eigenvalue weighted by Gasteiger charge is 2.23. The lowest BCUT2D eigenvalue weighted by Gasteiger charge is -2.34. The fourth-order valence-electron chi connectivity index (χ4n) is 4.73. The van der Waals surface area contributed by atoms with Crippen LogP contribution in [0.5, 0.6) is 0 Å². The van der Waals surface area contributed by atoms with Crippen molar-refractivity contribution in [3.8, 4) is 22.4 Å². The van der Waals surface area contributed by atoms with Crippen LogP contribution in [0.25, 0.3) is 28.0 Å². The number of aromatic nitrogens is 2. The van der Waals surface area contributed by atoms with E-state index in [2.05, 4.69) is 39.8 Å². The SMILES string of the molecule is CCC(=O)N1CCN(Cc2c(-c3ccccc3)nc3ccc(-c4ccc(C(C)=O)cc4)cn23)CC1. The van der Waals surface area contributed by atoms with E-state index in [-0.39, 0.29) is 11.7 Å². The summed E-state index contributed by atoms with van der Waals surface area (Å²) in [5.41, 5.74) is 6.98. The minimum atomic E-state index is 0.0668. The minimum absolute atomic E-state index is 0.0668. The second-order valence-corrected chi connectivity index (χ2v) is 9.06. The lowest BCUT2D eigenvalue weighted by molar-refractivity contribution is -0.132. The molecule has 178 valence electrons. The van der Waals surface area contributed by atoms with Gasteiger partial charge in [-0.05, 0) is 30.2 Å². The third kappa shape index (κ3) is 4.75. The van der Waals surface area contributed by atoms with Crippen molar-refractivity contribution in [3.63, 3.8) is 0 Å². The normalized spacial score (nSPS) is 14.4. The number of nitrogens with zero attached hydrogens (tertiary/aromatic N) is 4. The molecule has 0 spiro atoms. The number of amides is 1. The van der Waals surface area contributed by atoms with Gasteiger partial charge in [0.1, 0.15) is 5.65 Å². The molecule has 1 fully saturated rings. The van der Waals surface area contributed by atoms with Gasteiger partial charge >= 0.3 is 0 Å². The Morgan fingerprint density at radius 3 is 2.17 bits per heavy atom. The maximum Gasteiger partial charge on any atom is 0.222 e. The lowest BCUT2D eigenvalue weighted by atomic mass is 10.0. The maximum absolute atomic E-state index is 12.1. The number of imidazole rings is 1. The van der Waals surface area contributed by atoms with Crippen LogP contribution in [0.4, 0.5) is 0 Å². The summed E-state index contributed by atoms with van der Waals surface area (Å²) in [6.45, 7) is 7.48. The van der Waals surface area contributed by atoms with Crippen molar-refractivity contribution in [1.82, 2.24) is 19.2 Å². The Bertz CT molecular complexity index is 1350. The van der Waals surface area contributed by atoms with Gasteiger partial charge < -0.3 is 9.30 Å². The zero-order valence-electron chi connectivity index (χ0n) is 20.3. The van der Waals surface area contributed by atoms with E-state index in [1.807, 2.05) is 54.3 Å². The van der Waals surface area contributed by atoms with E-state index >= 15 is 0 Å². The van der Waals surface area contributed by atoms with Gasteiger partial charge in [-0.15, -0.1) is 0 Å². The predicted octanol–water partition coefficient (Wildman–Crippen LogP) is 4.93. The van der Waals surface area contributed by atoms with Crippen molar-refractivity contribution in [2.45, 2.75) is 26.8 Å². The summed E-state index contributed by atoms with van der Waals surface area (Å²) < 4.78 is 2.19. The molecule has 0 atom stereocenters. The van der Waals surface area contributed by atoms with E-state index in [1.165, 1.54) is 0 Å². The molecule has 6 heteroatoms. The monoisotopic (exact) mass is 466 g/mol. The Morgan fingerprint density at radius 2 is 1.51 bits per heavy atom. The van der Waals surface area contributed by atoms with Crippen LogP contribution in [0.1, 0.15) is 36.3 Å². The molecule has 2 aromatic heterocycles. The number of carbonyl (C=O) groups is 2. The number of fused-ring (bicyclic) bond motifs is 1. The summed E-state index contributed by atoms with van der Waals surface area (Å²) in [7, 11) is 0. The van der Waals surface area contributed by atoms with Gasteiger partial charge in [0.05, 0.1) is 11.4 Å². The van der Waals surface area contributed by atoms with Crippen molar-refractivity contribution in [1.29, 1.82) is 0 Å². The van der Waals surface area contributed by atoms with Crippen molar-refractivity contribution in [2.24, 2.45) is 0 Å². The van der Waals surface area contributed by atoms with Crippen LogP contribution in [0.3, 0.4) is 0 Å². The van der Waals surface area contributed by atoms with Crippen LogP contribution >= 0.6 is 0 Å². The summed E-state index contributed by atoms with van der Waals surface area (Å²) in [6.07, 6.45) is 2.70. The average molecular weight is 467 g/mol. The van der Waals surface area contributed by atoms with Crippen molar-refractivity contribution in [2.75, 3.05) is 26.2 Å². The number of hydrogen-bond acceptors (Lipinski definition) is 4. The number of ketones is 1. The fraction of sp³-hybridized carbons (Fsp3) is 0.276. The molecule has 35 heavy (non-hydrogen) atoms. The lowest BCUT2D eigenvalue weighted by Crippen LogP contribution is -2.48. The molecule has 0 saturated carbocycles. The molecule has 5 rings (SSSR count). The van der Waals surface area contributed by atoms with Crippen LogP contribution in [0.2, 0.25) is 0 Å². The van der Waals surface area contributed by atoms with Gasteiger partial charge in [0.15, 0.2) is 5.78 Å². The number of hydrogen-bond donors (Lipinski definition) is 0. The topological polar surface area (TPSA) is 57.9 Å². The summed E-state index contributed by atoms with van der Waals surface area (Å²) in [4.78, 5) is 33.2. The van der Waals surface area contributed by atoms with Crippen molar-refractivity contribution >= 4 is 17.3 Å². The van der Waals surface area contributed by atoms with E-state index in [1.54, 1.807) is 6.92 Å². The standard InChI is InChI=1S/C29H30N4O2/c1-3-28(35)32-17-15-31(16-18-32)20-26-29(24-7-5-4-6-8-24)30-27-14-13-25(19-33(26)27)23-11-9-22(10-12-23)21(2)34/h4-14,19H,3,15-18,20H2,1-2H3. The number of benzene rings is 2. The maximum atomic E-state index is 12.1. The van der Waals surface area contributed by atoms with Gasteiger partial charge in [-0.3, -0.25) is 14.5 Å². The molecule has 1 saturated heterocycles. The number of piperazine rings is 1. The molecule has 0 radical (unpaired) electrons. The molecule has 0 N–H and O–H groups in total. The van der Waals surface area contributed by atoms with E-state index in [0.717, 1.165) is 66.4 Å². The van der Waals surface area contributed by atoms with E-state index < -0.39 is 0 Å². The van der Waals surface area contributed by atoms with Gasteiger partial charge in [-0.1, -0.05) is 61.5 Å². The molecular weight excluding hydrogens is 436 g/mol. The van der Waals surface area contributed by atoms with Gasteiger partial charge in [0.2, 0.25) is 5.91 Å². The van der Waals surface area contributed by atoms with Gasteiger partial charge in [-0.2, -0.15) is 0 Å². The first-order chi connectivity index (χ1) is 17.0. The fourth-order valence-corrected chi connectivity index (χ4v) is 4.73. The summed E-state index contributed by atoms with van der Waals surface area (Å²) in [5.74, 6) is 0.294. The second-order valence-electron chi connectivity index (χ2n) is 9.06. The van der Waals surface area contributed by atoms with Crippen LogP contribution in [-0.2, 0) is 11.3 Å². The number of Topliss-reactive ketones (excluding diaryl/α,β-unsaturated/α-hetero) is 1. The zero-order valence-corrected chi connectivity index (χ0v) is 20.3. The summed E-state index contributed by atoms with van der Waals surface area (Å²) >= 11 is 0. The van der Waals surface area contributed by atoms with Crippen LogP contribution < -0.4 is 0 Å². The Kier molecular flexibility index (Phi) is 6.47. The summed E-state index contributed by atoms with van der Waals surface area (Å²) in [6, 6.07) is 22.2. The first-order valence-electron chi connectivity index (χ1n) is 12.2. The molecule has 1 aliphatic rings. The number of carbonyl (C=O) groups excluding carboxylic acids is 2. The Balaban J connectivity index is 1.51. The average Bonchev–Trinajstić information content (AvgIpc) is 3.26. The van der Waals surface area contributed by atoms with Crippen LogP contribution in [0, 0.1) is 0 Å². The highest BCUT2D eigenvalue weighted by molar-refractivity contribution is 5.94. The van der Waals surface area contributed by atoms with Crippen molar-refractivity contribution < 1.29 is 9.59 Å². The highest BCUT2D eigenvalue weighted by Crippen LogP contribution is 2.29. The molecule has 3 heterocycles. The third-order valence-electron chi connectivity index (χ3n) is 6.79. The van der Waals surface area contributed by atoms with Gasteiger partial charge in [0, 0.05) is 56.5 Å². The minimum Gasteiger partial charge on any atom is -0.340 e. The quantitative estimate of drug-likeness (QED) is 0.378. The van der Waals surface area contributed by atoms with E-state index in [4.69, 9.17) is 4.98 Å². The number of rotatable bonds is 6. The Labute approximate surface area is 205 Å². The molecule has 4 aromatic rings. The van der Waals surface area contributed by atoms with E-state index in [9.17, 15) is 9.59 Å². The molecule has 0 unspecified atom stereocenters. The molecule has 1 aliphatic heterocycles. The highest BCUT2D eigenvalue weighted by atomic mass is 16.2. The van der Waals surface area contributed by atoms with Crippen molar-refractivity contribution in [3.05, 3.63) is 84.2 Å². The smallest absolute Gasteiger partial charge is 0.222 e. The molecule has 1 amide bonds.